The molecule has 2 N–H and O–H groups in total. The maximum absolute atomic E-state index is 12.1. The molecule has 1 aromatic rings. The maximum atomic E-state index is 12.1. The molecule has 0 bridgehead atoms. The van der Waals surface area contributed by atoms with Crippen LogP contribution < -0.4 is 0 Å². The molecule has 2 fully saturated rings. The van der Waals surface area contributed by atoms with E-state index in [1.54, 1.807) is 0 Å². The summed E-state index contributed by atoms with van der Waals surface area (Å²) in [6.07, 6.45) is 4.83. The van der Waals surface area contributed by atoms with Gasteiger partial charge in [0.05, 0.1) is 29.0 Å². The fourth-order valence-corrected chi connectivity index (χ4v) is 9.79. The van der Waals surface area contributed by atoms with Gasteiger partial charge in [0, 0.05) is 18.9 Å². The standard InChI is InChI=1S/C31H54O5S2Si/c1-8-30(9-2)35-25(22-32)20-28(36-30)26(23-34-39(6,7)29(3,4)5)27(33)21-31(37-18-13-19-38-31)17-16-24-14-11-10-12-15-24/h10-12,14-15,25-28,32-33H,8-9,13,16-23H2,1-7H3/t25-,26-,27+,28+/m1/s1. The van der Waals surface area contributed by atoms with Gasteiger partial charge < -0.3 is 24.1 Å². The number of aliphatic hydroxyl groups excluding tert-OH is 2. The quantitative estimate of drug-likeness (QED) is 0.232. The van der Waals surface area contributed by atoms with E-state index in [-0.39, 0.29) is 33.9 Å². The molecule has 2 aliphatic rings. The molecule has 0 spiro atoms. The lowest BCUT2D eigenvalue weighted by atomic mass is 9.87. The summed E-state index contributed by atoms with van der Waals surface area (Å²) in [4.78, 5) is 0. The van der Waals surface area contributed by atoms with E-state index in [4.69, 9.17) is 13.9 Å². The molecule has 5 nitrogen and oxygen atoms in total. The number of rotatable bonds is 13. The Morgan fingerprint density at radius 3 is 2.28 bits per heavy atom. The Morgan fingerprint density at radius 1 is 1.08 bits per heavy atom. The summed E-state index contributed by atoms with van der Waals surface area (Å²) >= 11 is 4.06. The van der Waals surface area contributed by atoms with Gasteiger partial charge in [0.1, 0.15) is 0 Å². The molecule has 39 heavy (non-hydrogen) atoms. The number of benzene rings is 1. The van der Waals surface area contributed by atoms with Crippen LogP contribution in [0.15, 0.2) is 30.3 Å². The lowest BCUT2D eigenvalue weighted by molar-refractivity contribution is -0.336. The lowest BCUT2D eigenvalue weighted by Gasteiger charge is -2.48. The molecule has 1 aromatic carbocycles. The maximum Gasteiger partial charge on any atom is 0.191 e. The molecule has 0 saturated carbocycles. The molecule has 4 atom stereocenters. The van der Waals surface area contributed by atoms with Crippen LogP contribution in [0.25, 0.3) is 0 Å². The van der Waals surface area contributed by atoms with E-state index in [2.05, 4.69) is 78.0 Å². The number of hydrogen-bond acceptors (Lipinski definition) is 7. The minimum Gasteiger partial charge on any atom is -0.416 e. The molecule has 0 radical (unpaired) electrons. The second-order valence-corrected chi connectivity index (χ2v) is 20.9. The Kier molecular flexibility index (Phi) is 12.4. The Labute approximate surface area is 247 Å². The second-order valence-electron chi connectivity index (χ2n) is 12.9. The highest BCUT2D eigenvalue weighted by molar-refractivity contribution is 8.18. The SMILES string of the molecule is CCC1(CC)O[C@@H](CO)C[C@@H]([C@H](CO[Si](C)(C)C(C)(C)C)[C@@H](O)CC2(CCc3ccccc3)SCCCS2)O1. The predicted molar refractivity (Wildman–Crippen MR) is 169 cm³/mol. The van der Waals surface area contributed by atoms with Gasteiger partial charge >= 0.3 is 0 Å². The molecule has 0 amide bonds. The topological polar surface area (TPSA) is 68.2 Å². The molecular weight excluding hydrogens is 545 g/mol. The molecule has 224 valence electrons. The van der Waals surface area contributed by atoms with E-state index in [1.807, 2.05) is 23.5 Å². The van der Waals surface area contributed by atoms with Crippen LogP contribution in [-0.4, -0.2) is 71.4 Å². The zero-order chi connectivity index (χ0) is 28.7. The van der Waals surface area contributed by atoms with Crippen molar-refractivity contribution < 1.29 is 24.1 Å². The predicted octanol–water partition coefficient (Wildman–Crippen LogP) is 7.26. The van der Waals surface area contributed by atoms with Crippen molar-refractivity contribution in [3.8, 4) is 0 Å². The Bertz CT molecular complexity index is 852. The normalized spacial score (nSPS) is 25.3. The molecular formula is C31H54O5S2Si. The first kappa shape index (κ1) is 33.4. The van der Waals surface area contributed by atoms with Gasteiger partial charge in [-0.25, -0.2) is 0 Å². The summed E-state index contributed by atoms with van der Waals surface area (Å²) in [6, 6.07) is 10.7. The van der Waals surface area contributed by atoms with Gasteiger partial charge in [-0.3, -0.25) is 0 Å². The van der Waals surface area contributed by atoms with Crippen molar-refractivity contribution in [2.24, 2.45) is 5.92 Å². The van der Waals surface area contributed by atoms with Gasteiger partial charge in [0.15, 0.2) is 14.1 Å². The van der Waals surface area contributed by atoms with Crippen LogP contribution in [0.1, 0.15) is 78.7 Å². The number of aryl methyl sites for hydroxylation is 1. The minimum atomic E-state index is -2.04. The first-order valence-electron chi connectivity index (χ1n) is 15.0. The number of thioether (sulfide) groups is 2. The Hall–Kier alpha value is -0.0631. The lowest BCUT2D eigenvalue weighted by Crippen LogP contribution is -2.55. The second kappa shape index (κ2) is 14.4. The number of ether oxygens (including phenoxy) is 2. The van der Waals surface area contributed by atoms with Crippen molar-refractivity contribution in [3.63, 3.8) is 0 Å². The highest BCUT2D eigenvalue weighted by Gasteiger charge is 2.47. The van der Waals surface area contributed by atoms with Crippen molar-refractivity contribution in [1.29, 1.82) is 0 Å². The van der Waals surface area contributed by atoms with Crippen molar-refractivity contribution in [1.82, 2.24) is 0 Å². The summed E-state index contributed by atoms with van der Waals surface area (Å²) in [5, 5.41) is 22.3. The first-order valence-corrected chi connectivity index (χ1v) is 19.9. The van der Waals surface area contributed by atoms with Crippen LogP contribution in [0.2, 0.25) is 18.1 Å². The van der Waals surface area contributed by atoms with Gasteiger partial charge in [-0.15, -0.1) is 23.5 Å². The van der Waals surface area contributed by atoms with Crippen LogP contribution in [-0.2, 0) is 20.3 Å². The van der Waals surface area contributed by atoms with Gasteiger partial charge in [-0.05, 0) is 73.7 Å². The Balaban J connectivity index is 1.86. The summed E-state index contributed by atoms with van der Waals surface area (Å²) in [7, 11) is -2.04. The number of hydrogen-bond donors (Lipinski definition) is 2. The van der Waals surface area contributed by atoms with Gasteiger partial charge in [-0.1, -0.05) is 65.0 Å². The molecule has 0 aromatic heterocycles. The third-order valence-corrected chi connectivity index (χ3v) is 17.1. The molecule has 8 heteroatoms. The smallest absolute Gasteiger partial charge is 0.191 e. The molecule has 0 unspecified atom stereocenters. The highest BCUT2D eigenvalue weighted by atomic mass is 32.2. The third-order valence-electron chi connectivity index (χ3n) is 9.11. The molecule has 2 saturated heterocycles. The van der Waals surface area contributed by atoms with E-state index in [0.717, 1.165) is 24.3 Å². The van der Waals surface area contributed by atoms with Crippen LogP contribution in [0.3, 0.4) is 0 Å². The third kappa shape index (κ3) is 8.96. The fraction of sp³-hybridized carbons (Fsp3) is 0.806. The van der Waals surface area contributed by atoms with Crippen molar-refractivity contribution >= 4 is 31.8 Å². The van der Waals surface area contributed by atoms with Crippen molar-refractivity contribution in [3.05, 3.63) is 35.9 Å². The molecule has 0 aliphatic carbocycles. The molecule has 2 heterocycles. The fourth-order valence-electron chi connectivity index (χ4n) is 5.34. The van der Waals surface area contributed by atoms with Crippen LogP contribution in [0.4, 0.5) is 0 Å². The Morgan fingerprint density at radius 2 is 1.72 bits per heavy atom. The van der Waals surface area contributed by atoms with E-state index in [9.17, 15) is 10.2 Å². The van der Waals surface area contributed by atoms with E-state index < -0.39 is 20.2 Å². The average Bonchev–Trinajstić information content (AvgIpc) is 2.92. The average molecular weight is 599 g/mol. The van der Waals surface area contributed by atoms with Crippen molar-refractivity contribution in [2.75, 3.05) is 24.7 Å². The van der Waals surface area contributed by atoms with Crippen LogP contribution in [0, 0.1) is 5.92 Å². The van der Waals surface area contributed by atoms with Crippen molar-refractivity contribution in [2.45, 2.75) is 126 Å². The van der Waals surface area contributed by atoms with Crippen LogP contribution in [0.5, 0.6) is 0 Å². The van der Waals surface area contributed by atoms with E-state index in [1.165, 1.54) is 12.0 Å². The zero-order valence-corrected chi connectivity index (χ0v) is 28.0. The zero-order valence-electron chi connectivity index (χ0n) is 25.4. The first-order chi connectivity index (χ1) is 18.4. The summed E-state index contributed by atoms with van der Waals surface area (Å²) in [5.74, 6) is 1.35. The van der Waals surface area contributed by atoms with Gasteiger partial charge in [0.25, 0.3) is 0 Å². The summed E-state index contributed by atoms with van der Waals surface area (Å²) in [6.45, 7) is 15.9. The van der Waals surface area contributed by atoms with E-state index >= 15 is 0 Å². The monoisotopic (exact) mass is 598 g/mol. The van der Waals surface area contributed by atoms with Crippen LogP contribution >= 0.6 is 23.5 Å². The highest BCUT2D eigenvalue weighted by Crippen LogP contribution is 2.50. The molecule has 2 aliphatic heterocycles. The summed E-state index contributed by atoms with van der Waals surface area (Å²) < 4.78 is 19.7. The summed E-state index contributed by atoms with van der Waals surface area (Å²) in [5.41, 5.74) is 1.35. The van der Waals surface area contributed by atoms with E-state index in [0.29, 0.717) is 32.3 Å². The van der Waals surface area contributed by atoms with Gasteiger partial charge in [0.2, 0.25) is 0 Å². The number of aliphatic hydroxyl groups is 2. The largest absolute Gasteiger partial charge is 0.416 e. The van der Waals surface area contributed by atoms with Gasteiger partial charge in [-0.2, -0.15) is 0 Å². The molecule has 3 rings (SSSR count). The minimum absolute atomic E-state index is 0.0309.